The van der Waals surface area contributed by atoms with Crippen LogP contribution in [0.25, 0.3) is 0 Å². The maximum Gasteiger partial charge on any atom is 0.0305 e. The third kappa shape index (κ3) is 4.92. The van der Waals surface area contributed by atoms with Crippen molar-refractivity contribution in [2.24, 2.45) is 0 Å². The zero-order valence-electron chi connectivity index (χ0n) is 14.0. The van der Waals surface area contributed by atoms with E-state index in [1.807, 2.05) is 0 Å². The molecule has 1 saturated heterocycles. The van der Waals surface area contributed by atoms with Crippen molar-refractivity contribution in [1.29, 1.82) is 0 Å². The normalized spacial score (nSPS) is 17.8. The average molecular weight is 452 g/mol. The fourth-order valence-electron chi connectivity index (χ4n) is 3.40. The summed E-state index contributed by atoms with van der Waals surface area (Å²) in [5.41, 5.74) is 2.74. The first kappa shape index (κ1) is 18.1. The molecule has 1 N–H and O–H groups in total. The van der Waals surface area contributed by atoms with Crippen LogP contribution in [0.2, 0.25) is 0 Å². The van der Waals surface area contributed by atoms with Crippen LogP contribution < -0.4 is 5.32 Å². The van der Waals surface area contributed by atoms with E-state index in [0.717, 1.165) is 11.0 Å². The summed E-state index contributed by atoms with van der Waals surface area (Å²) < 4.78 is 2.28. The lowest BCUT2D eigenvalue weighted by Gasteiger charge is -2.34. The Kier molecular flexibility index (Phi) is 6.50. The number of halogens is 2. The largest absolute Gasteiger partial charge is 0.307 e. The summed E-state index contributed by atoms with van der Waals surface area (Å²) in [4.78, 5) is 2.56. The number of hydrogen-bond donors (Lipinski definition) is 1. The second-order valence-corrected chi connectivity index (χ2v) is 8.36. The molecule has 2 nitrogen and oxygen atoms in total. The third-order valence-corrected chi connectivity index (χ3v) is 5.93. The maximum absolute atomic E-state index is 3.81. The molecule has 1 heterocycles. The molecule has 24 heavy (non-hydrogen) atoms. The summed E-state index contributed by atoms with van der Waals surface area (Å²) in [5, 5.41) is 3.81. The first-order chi connectivity index (χ1) is 11.6. The molecule has 1 aliphatic rings. The van der Waals surface area contributed by atoms with Crippen molar-refractivity contribution in [2.75, 3.05) is 13.1 Å². The number of likely N-dealkylation sites (tertiary alicyclic amines) is 1. The Labute approximate surface area is 161 Å². The molecule has 1 aliphatic heterocycles. The van der Waals surface area contributed by atoms with E-state index in [-0.39, 0.29) is 0 Å². The van der Waals surface area contributed by atoms with E-state index in [9.17, 15) is 0 Å². The first-order valence-electron chi connectivity index (χ1n) is 8.59. The lowest BCUT2D eigenvalue weighted by molar-refractivity contribution is 0.185. The fourth-order valence-corrected chi connectivity index (χ4v) is 4.79. The van der Waals surface area contributed by atoms with Crippen molar-refractivity contribution < 1.29 is 0 Å². The molecule has 4 heteroatoms. The van der Waals surface area contributed by atoms with Gasteiger partial charge >= 0.3 is 0 Å². The highest BCUT2D eigenvalue weighted by molar-refractivity contribution is 9.11. The van der Waals surface area contributed by atoms with E-state index >= 15 is 0 Å². The summed E-state index contributed by atoms with van der Waals surface area (Å²) in [5.74, 6) is 0. The van der Waals surface area contributed by atoms with Gasteiger partial charge in [-0.3, -0.25) is 4.90 Å². The van der Waals surface area contributed by atoms with Gasteiger partial charge in [-0.05, 0) is 56.1 Å². The van der Waals surface area contributed by atoms with Crippen LogP contribution in [-0.2, 0) is 6.54 Å². The fraction of sp³-hybridized carbons (Fsp3) is 0.400. The van der Waals surface area contributed by atoms with Crippen LogP contribution in [0.5, 0.6) is 0 Å². The Balaban J connectivity index is 1.50. The van der Waals surface area contributed by atoms with E-state index in [1.54, 1.807) is 0 Å². The highest BCUT2D eigenvalue weighted by atomic mass is 79.9. The maximum atomic E-state index is 3.81. The minimum Gasteiger partial charge on any atom is -0.307 e. The van der Waals surface area contributed by atoms with E-state index in [2.05, 4.69) is 97.5 Å². The summed E-state index contributed by atoms with van der Waals surface area (Å²) in [7, 11) is 0. The number of piperidine rings is 1. The molecule has 0 bridgehead atoms. The van der Waals surface area contributed by atoms with E-state index in [4.69, 9.17) is 0 Å². The predicted molar refractivity (Wildman–Crippen MR) is 108 cm³/mol. The molecule has 128 valence electrons. The standard InChI is InChI=1S/C20H24Br2N2/c1-15(19-8-7-17(21)13-20(19)22)23-18-9-11-24(12-10-18)14-16-5-3-2-4-6-16/h2-8,13,15,18,23H,9-12,14H2,1H3. The average Bonchev–Trinajstić information content (AvgIpc) is 2.57. The van der Waals surface area contributed by atoms with Gasteiger partial charge in [0.1, 0.15) is 0 Å². The summed E-state index contributed by atoms with van der Waals surface area (Å²) in [6.45, 7) is 5.66. The molecule has 0 aliphatic carbocycles. The van der Waals surface area contributed by atoms with Gasteiger partial charge < -0.3 is 5.32 Å². The van der Waals surface area contributed by atoms with Crippen LogP contribution >= 0.6 is 31.9 Å². The second-order valence-electron chi connectivity index (χ2n) is 6.59. The van der Waals surface area contributed by atoms with Crippen molar-refractivity contribution in [3.63, 3.8) is 0 Å². The zero-order chi connectivity index (χ0) is 16.9. The molecule has 0 radical (unpaired) electrons. The summed E-state index contributed by atoms with van der Waals surface area (Å²) >= 11 is 7.20. The summed E-state index contributed by atoms with van der Waals surface area (Å²) in [6.07, 6.45) is 2.43. The molecule has 1 atom stereocenters. The van der Waals surface area contributed by atoms with Gasteiger partial charge in [0.05, 0.1) is 0 Å². The van der Waals surface area contributed by atoms with Gasteiger partial charge in [-0.1, -0.05) is 68.3 Å². The van der Waals surface area contributed by atoms with Gasteiger partial charge in [-0.25, -0.2) is 0 Å². The topological polar surface area (TPSA) is 15.3 Å². The number of hydrogen-bond acceptors (Lipinski definition) is 2. The lowest BCUT2D eigenvalue weighted by atomic mass is 10.0. The Morgan fingerprint density at radius 2 is 1.79 bits per heavy atom. The first-order valence-corrected chi connectivity index (χ1v) is 10.2. The smallest absolute Gasteiger partial charge is 0.0305 e. The second kappa shape index (κ2) is 8.61. The quantitative estimate of drug-likeness (QED) is 0.643. The van der Waals surface area contributed by atoms with Gasteiger partial charge in [0, 0.05) is 27.6 Å². The third-order valence-electron chi connectivity index (χ3n) is 4.75. The molecule has 3 rings (SSSR count). The lowest BCUT2D eigenvalue weighted by Crippen LogP contribution is -2.42. The van der Waals surface area contributed by atoms with Crippen LogP contribution in [0.3, 0.4) is 0 Å². The Hall–Kier alpha value is -0.680. The molecule has 0 aromatic heterocycles. The Morgan fingerprint density at radius 1 is 1.08 bits per heavy atom. The van der Waals surface area contributed by atoms with Crippen molar-refractivity contribution in [3.05, 3.63) is 68.6 Å². The molecule has 2 aromatic rings. The molecule has 0 saturated carbocycles. The van der Waals surface area contributed by atoms with Crippen LogP contribution in [0.1, 0.15) is 36.9 Å². The Morgan fingerprint density at radius 3 is 2.46 bits per heavy atom. The highest BCUT2D eigenvalue weighted by Gasteiger charge is 2.21. The molecule has 0 amide bonds. The molecule has 2 aromatic carbocycles. The summed E-state index contributed by atoms with van der Waals surface area (Å²) in [6, 6.07) is 18.2. The van der Waals surface area contributed by atoms with Gasteiger partial charge in [0.2, 0.25) is 0 Å². The van der Waals surface area contributed by atoms with Gasteiger partial charge in [-0.2, -0.15) is 0 Å². The molecule has 0 spiro atoms. The van der Waals surface area contributed by atoms with Gasteiger partial charge in [0.15, 0.2) is 0 Å². The van der Waals surface area contributed by atoms with E-state index in [1.165, 1.54) is 41.5 Å². The molecular formula is C20H24Br2N2. The minimum atomic E-state index is 0.359. The number of rotatable bonds is 5. The van der Waals surface area contributed by atoms with Crippen LogP contribution in [-0.4, -0.2) is 24.0 Å². The number of nitrogens with one attached hydrogen (secondary N) is 1. The SMILES string of the molecule is CC(NC1CCN(Cc2ccccc2)CC1)c1ccc(Br)cc1Br. The van der Waals surface area contributed by atoms with E-state index in [0.29, 0.717) is 12.1 Å². The zero-order valence-corrected chi connectivity index (χ0v) is 17.2. The Bertz CT molecular complexity index is 652. The molecule has 1 fully saturated rings. The van der Waals surface area contributed by atoms with Gasteiger partial charge in [-0.15, -0.1) is 0 Å². The van der Waals surface area contributed by atoms with E-state index < -0.39 is 0 Å². The van der Waals surface area contributed by atoms with Crippen molar-refractivity contribution >= 4 is 31.9 Å². The van der Waals surface area contributed by atoms with Crippen LogP contribution in [0.15, 0.2) is 57.5 Å². The molecule has 1 unspecified atom stereocenters. The predicted octanol–water partition coefficient (Wildman–Crippen LogP) is 5.53. The van der Waals surface area contributed by atoms with Crippen molar-refractivity contribution in [3.8, 4) is 0 Å². The van der Waals surface area contributed by atoms with Crippen molar-refractivity contribution in [2.45, 2.75) is 38.4 Å². The van der Waals surface area contributed by atoms with Crippen LogP contribution in [0, 0.1) is 0 Å². The van der Waals surface area contributed by atoms with Gasteiger partial charge in [0.25, 0.3) is 0 Å². The number of benzene rings is 2. The number of nitrogens with zero attached hydrogens (tertiary/aromatic N) is 1. The minimum absolute atomic E-state index is 0.359. The van der Waals surface area contributed by atoms with Crippen LogP contribution in [0.4, 0.5) is 0 Å². The molecular weight excluding hydrogens is 428 g/mol. The monoisotopic (exact) mass is 450 g/mol. The highest BCUT2D eigenvalue weighted by Crippen LogP contribution is 2.28. The van der Waals surface area contributed by atoms with Crippen molar-refractivity contribution in [1.82, 2.24) is 10.2 Å².